The largest absolute Gasteiger partial charge is 0.497 e. The van der Waals surface area contributed by atoms with Gasteiger partial charge in [0.25, 0.3) is 0 Å². The standard InChI is InChI=1S/C20H32N2O2/c1-3-18-7-4-5-15-22(18)16-6-14-21-20(23)13-10-17-8-11-19(24-2)12-9-17/h8-9,11-12,18H,3-7,10,13-16H2,1-2H3,(H,21,23)/t18-/m0/s1. The van der Waals surface area contributed by atoms with Gasteiger partial charge in [-0.05, 0) is 56.3 Å². The van der Waals surface area contributed by atoms with E-state index < -0.39 is 0 Å². The number of rotatable bonds is 9. The molecule has 1 aliphatic rings. The van der Waals surface area contributed by atoms with Crippen LogP contribution in [0.2, 0.25) is 0 Å². The molecule has 0 unspecified atom stereocenters. The fourth-order valence-corrected chi connectivity index (χ4v) is 3.47. The number of nitrogens with one attached hydrogen (secondary N) is 1. The van der Waals surface area contributed by atoms with E-state index in [9.17, 15) is 4.79 Å². The third-order valence-electron chi connectivity index (χ3n) is 4.96. The molecule has 1 heterocycles. The molecule has 0 aliphatic carbocycles. The Labute approximate surface area is 146 Å². The van der Waals surface area contributed by atoms with Crippen molar-refractivity contribution in [3.05, 3.63) is 29.8 Å². The van der Waals surface area contributed by atoms with Gasteiger partial charge in [-0.3, -0.25) is 4.79 Å². The molecule has 134 valence electrons. The molecule has 0 aromatic heterocycles. The van der Waals surface area contributed by atoms with Crippen LogP contribution in [-0.4, -0.2) is 43.6 Å². The van der Waals surface area contributed by atoms with Crippen molar-refractivity contribution in [3.8, 4) is 5.75 Å². The molecule has 0 saturated carbocycles. The first-order valence-corrected chi connectivity index (χ1v) is 9.36. The zero-order valence-corrected chi connectivity index (χ0v) is 15.2. The summed E-state index contributed by atoms with van der Waals surface area (Å²) >= 11 is 0. The second-order valence-corrected chi connectivity index (χ2v) is 6.65. The minimum absolute atomic E-state index is 0.150. The van der Waals surface area contributed by atoms with Gasteiger partial charge in [-0.25, -0.2) is 0 Å². The molecule has 1 amide bonds. The molecule has 1 atom stereocenters. The SMILES string of the molecule is CC[C@H]1CCCCN1CCCNC(=O)CCc1ccc(OC)cc1. The topological polar surface area (TPSA) is 41.6 Å². The quantitative estimate of drug-likeness (QED) is 0.705. The maximum atomic E-state index is 12.0. The van der Waals surface area contributed by atoms with Crippen LogP contribution in [0.4, 0.5) is 0 Å². The second-order valence-electron chi connectivity index (χ2n) is 6.65. The van der Waals surface area contributed by atoms with Gasteiger partial charge in [-0.15, -0.1) is 0 Å². The van der Waals surface area contributed by atoms with Crippen molar-refractivity contribution in [2.45, 2.75) is 57.9 Å². The monoisotopic (exact) mass is 332 g/mol. The number of methoxy groups -OCH3 is 1. The lowest BCUT2D eigenvalue weighted by Crippen LogP contribution is -2.40. The van der Waals surface area contributed by atoms with Crippen LogP contribution in [0.1, 0.15) is 51.0 Å². The van der Waals surface area contributed by atoms with Gasteiger partial charge < -0.3 is 15.0 Å². The van der Waals surface area contributed by atoms with Crippen molar-refractivity contribution in [1.82, 2.24) is 10.2 Å². The maximum absolute atomic E-state index is 12.0. The summed E-state index contributed by atoms with van der Waals surface area (Å²) in [6.07, 6.45) is 7.65. The summed E-state index contributed by atoms with van der Waals surface area (Å²) in [5, 5.41) is 3.06. The first-order valence-electron chi connectivity index (χ1n) is 9.36. The molecule has 0 bridgehead atoms. The molecule has 2 rings (SSSR count). The van der Waals surface area contributed by atoms with Gasteiger partial charge in [0.2, 0.25) is 5.91 Å². The van der Waals surface area contributed by atoms with Gasteiger partial charge in [0.05, 0.1) is 7.11 Å². The average molecular weight is 332 g/mol. The Morgan fingerprint density at radius 3 is 2.79 bits per heavy atom. The molecule has 0 radical (unpaired) electrons. The molecule has 4 heteroatoms. The Kier molecular flexibility index (Phi) is 8.10. The summed E-state index contributed by atoms with van der Waals surface area (Å²) in [6, 6.07) is 8.68. The van der Waals surface area contributed by atoms with E-state index in [4.69, 9.17) is 4.74 Å². The number of aryl methyl sites for hydroxylation is 1. The number of nitrogens with zero attached hydrogens (tertiary/aromatic N) is 1. The highest BCUT2D eigenvalue weighted by Gasteiger charge is 2.19. The summed E-state index contributed by atoms with van der Waals surface area (Å²) in [4.78, 5) is 14.6. The molecule has 1 fully saturated rings. The minimum atomic E-state index is 0.150. The van der Waals surface area contributed by atoms with Crippen LogP contribution >= 0.6 is 0 Å². The van der Waals surface area contributed by atoms with E-state index in [1.807, 2.05) is 24.3 Å². The predicted octanol–water partition coefficient (Wildman–Crippen LogP) is 3.40. The molecular formula is C20H32N2O2. The van der Waals surface area contributed by atoms with Crippen LogP contribution in [0.15, 0.2) is 24.3 Å². The zero-order valence-electron chi connectivity index (χ0n) is 15.2. The number of amides is 1. The third-order valence-corrected chi connectivity index (χ3v) is 4.96. The fraction of sp³-hybridized carbons (Fsp3) is 0.650. The zero-order chi connectivity index (χ0) is 17.2. The fourth-order valence-electron chi connectivity index (χ4n) is 3.47. The van der Waals surface area contributed by atoms with Gasteiger partial charge >= 0.3 is 0 Å². The highest BCUT2D eigenvalue weighted by Crippen LogP contribution is 2.19. The van der Waals surface area contributed by atoms with Gasteiger partial charge in [0.15, 0.2) is 0 Å². The van der Waals surface area contributed by atoms with Crippen LogP contribution in [-0.2, 0) is 11.2 Å². The van der Waals surface area contributed by atoms with E-state index in [0.29, 0.717) is 6.42 Å². The summed E-state index contributed by atoms with van der Waals surface area (Å²) in [5.74, 6) is 1.00. The molecule has 0 spiro atoms. The van der Waals surface area contributed by atoms with Crippen molar-refractivity contribution < 1.29 is 9.53 Å². The average Bonchev–Trinajstić information content (AvgIpc) is 2.64. The molecule has 24 heavy (non-hydrogen) atoms. The number of ether oxygens (including phenoxy) is 1. The Morgan fingerprint density at radius 1 is 1.29 bits per heavy atom. The predicted molar refractivity (Wildman–Crippen MR) is 98.4 cm³/mol. The van der Waals surface area contributed by atoms with Crippen LogP contribution < -0.4 is 10.1 Å². The number of piperidine rings is 1. The molecule has 1 aliphatic heterocycles. The minimum Gasteiger partial charge on any atom is -0.497 e. The lowest BCUT2D eigenvalue weighted by atomic mass is 10.00. The van der Waals surface area contributed by atoms with Gasteiger partial charge in [-0.2, -0.15) is 0 Å². The van der Waals surface area contributed by atoms with E-state index in [0.717, 1.165) is 37.7 Å². The Hall–Kier alpha value is -1.55. The number of likely N-dealkylation sites (tertiary alicyclic amines) is 1. The number of hydrogen-bond donors (Lipinski definition) is 1. The first kappa shape index (κ1) is 18.8. The number of hydrogen-bond acceptors (Lipinski definition) is 3. The Morgan fingerprint density at radius 2 is 2.08 bits per heavy atom. The van der Waals surface area contributed by atoms with Gasteiger partial charge in [-0.1, -0.05) is 25.5 Å². The van der Waals surface area contributed by atoms with Crippen molar-refractivity contribution in [2.75, 3.05) is 26.7 Å². The van der Waals surface area contributed by atoms with Crippen molar-refractivity contribution in [1.29, 1.82) is 0 Å². The van der Waals surface area contributed by atoms with Gasteiger partial charge in [0, 0.05) is 25.6 Å². The number of carbonyl (C=O) groups excluding carboxylic acids is 1. The highest BCUT2D eigenvalue weighted by atomic mass is 16.5. The molecule has 1 saturated heterocycles. The maximum Gasteiger partial charge on any atom is 0.220 e. The molecular weight excluding hydrogens is 300 g/mol. The van der Waals surface area contributed by atoms with Crippen molar-refractivity contribution in [2.24, 2.45) is 0 Å². The number of carbonyl (C=O) groups is 1. The van der Waals surface area contributed by atoms with Gasteiger partial charge in [0.1, 0.15) is 5.75 Å². The van der Waals surface area contributed by atoms with E-state index >= 15 is 0 Å². The Bertz CT molecular complexity index is 487. The highest BCUT2D eigenvalue weighted by molar-refractivity contribution is 5.76. The molecule has 1 aromatic carbocycles. The molecule has 4 nitrogen and oxygen atoms in total. The lowest BCUT2D eigenvalue weighted by molar-refractivity contribution is -0.121. The lowest BCUT2D eigenvalue weighted by Gasteiger charge is -2.35. The van der Waals surface area contributed by atoms with E-state index in [-0.39, 0.29) is 5.91 Å². The van der Waals surface area contributed by atoms with Crippen LogP contribution in [0.25, 0.3) is 0 Å². The summed E-state index contributed by atoms with van der Waals surface area (Å²) < 4.78 is 5.14. The van der Waals surface area contributed by atoms with E-state index in [1.165, 1.54) is 37.8 Å². The summed E-state index contributed by atoms with van der Waals surface area (Å²) in [5.41, 5.74) is 1.17. The normalized spacial score (nSPS) is 18.3. The van der Waals surface area contributed by atoms with E-state index in [1.54, 1.807) is 7.11 Å². The second kappa shape index (κ2) is 10.3. The Balaban J connectivity index is 1.59. The first-order chi connectivity index (χ1) is 11.7. The summed E-state index contributed by atoms with van der Waals surface area (Å²) in [7, 11) is 1.66. The van der Waals surface area contributed by atoms with Crippen molar-refractivity contribution in [3.63, 3.8) is 0 Å². The number of benzene rings is 1. The summed E-state index contributed by atoms with van der Waals surface area (Å²) in [6.45, 7) is 5.40. The smallest absolute Gasteiger partial charge is 0.220 e. The van der Waals surface area contributed by atoms with Crippen LogP contribution in [0.3, 0.4) is 0 Å². The third kappa shape index (κ3) is 6.16. The van der Waals surface area contributed by atoms with Crippen LogP contribution in [0.5, 0.6) is 5.75 Å². The van der Waals surface area contributed by atoms with Crippen LogP contribution in [0, 0.1) is 0 Å². The van der Waals surface area contributed by atoms with E-state index in [2.05, 4.69) is 17.1 Å². The van der Waals surface area contributed by atoms with Crippen molar-refractivity contribution >= 4 is 5.91 Å². The molecule has 1 aromatic rings. The molecule has 1 N–H and O–H groups in total.